The number of nitrogens with zero attached hydrogens (tertiary/aromatic N) is 4. The van der Waals surface area contributed by atoms with E-state index < -0.39 is 11.4 Å². The summed E-state index contributed by atoms with van der Waals surface area (Å²) in [7, 11) is 1.66. The van der Waals surface area contributed by atoms with Crippen LogP contribution in [0.5, 0.6) is 0 Å². The molecule has 0 amide bonds. The summed E-state index contributed by atoms with van der Waals surface area (Å²) in [6.45, 7) is 3.74. The van der Waals surface area contributed by atoms with Crippen LogP contribution >= 0.6 is 0 Å². The molecule has 0 spiro atoms. The molecular weight excluding hydrogens is 196 g/mol. The number of aliphatic carboxylic acids is 1. The van der Waals surface area contributed by atoms with Crippen molar-refractivity contribution in [3.63, 3.8) is 0 Å². The predicted octanol–water partition coefficient (Wildman–Crippen LogP) is 0.644. The fourth-order valence-corrected chi connectivity index (χ4v) is 1.57. The molecule has 0 saturated carbocycles. The summed E-state index contributed by atoms with van der Waals surface area (Å²) in [5, 5.41) is 20.7. The lowest BCUT2D eigenvalue weighted by atomic mass is 9.79. The molecule has 1 rings (SSSR count). The van der Waals surface area contributed by atoms with Crippen molar-refractivity contribution in [2.75, 3.05) is 0 Å². The van der Waals surface area contributed by atoms with Gasteiger partial charge in [-0.05, 0) is 18.1 Å². The van der Waals surface area contributed by atoms with Crippen LogP contribution in [0.3, 0.4) is 0 Å². The fourth-order valence-electron chi connectivity index (χ4n) is 1.57. The van der Waals surface area contributed by atoms with E-state index in [1.807, 2.05) is 13.8 Å². The Bertz CT molecular complexity index is 344. The normalized spacial score (nSPS) is 11.7. The Labute approximate surface area is 88.3 Å². The number of hydrogen-bond acceptors (Lipinski definition) is 4. The average molecular weight is 212 g/mol. The molecule has 0 aliphatic rings. The maximum absolute atomic E-state index is 11.2. The van der Waals surface area contributed by atoms with E-state index in [4.69, 9.17) is 0 Å². The van der Waals surface area contributed by atoms with Gasteiger partial charge in [0.05, 0.1) is 12.5 Å². The van der Waals surface area contributed by atoms with Crippen molar-refractivity contribution >= 4 is 5.97 Å². The molecule has 84 valence electrons. The van der Waals surface area contributed by atoms with Gasteiger partial charge in [0.25, 0.3) is 0 Å². The van der Waals surface area contributed by atoms with Gasteiger partial charge in [0.1, 0.15) is 0 Å². The van der Waals surface area contributed by atoms with Crippen molar-refractivity contribution in [2.24, 2.45) is 12.5 Å². The largest absolute Gasteiger partial charge is 0.481 e. The Morgan fingerprint density at radius 1 is 1.47 bits per heavy atom. The van der Waals surface area contributed by atoms with Gasteiger partial charge in [0, 0.05) is 6.42 Å². The highest BCUT2D eigenvalue weighted by Gasteiger charge is 2.36. The average Bonchev–Trinajstić information content (AvgIpc) is 2.60. The van der Waals surface area contributed by atoms with Gasteiger partial charge in [0.2, 0.25) is 0 Å². The molecule has 0 bridgehead atoms. The Kier molecular flexibility index (Phi) is 3.39. The molecule has 15 heavy (non-hydrogen) atoms. The van der Waals surface area contributed by atoms with E-state index in [-0.39, 0.29) is 0 Å². The van der Waals surface area contributed by atoms with Crippen molar-refractivity contribution in [1.29, 1.82) is 0 Å². The van der Waals surface area contributed by atoms with Gasteiger partial charge < -0.3 is 5.11 Å². The minimum Gasteiger partial charge on any atom is -0.481 e. The molecule has 0 aromatic carbocycles. The number of rotatable bonds is 5. The van der Waals surface area contributed by atoms with Gasteiger partial charge in [-0.3, -0.25) is 4.79 Å². The second kappa shape index (κ2) is 4.37. The smallest absolute Gasteiger partial charge is 0.310 e. The minimum absolute atomic E-state index is 0.336. The summed E-state index contributed by atoms with van der Waals surface area (Å²) in [5.74, 6) is -0.302. The van der Waals surface area contributed by atoms with Crippen LogP contribution in [-0.4, -0.2) is 31.3 Å². The monoisotopic (exact) mass is 212 g/mol. The standard InChI is InChI=1S/C9H16N4O2/c1-4-9(5-2,8(14)15)6-7-10-12-13(3)11-7/h4-6H2,1-3H3,(H,14,15). The first-order chi connectivity index (χ1) is 7.04. The van der Waals surface area contributed by atoms with E-state index in [1.165, 1.54) is 4.80 Å². The molecule has 0 aliphatic carbocycles. The maximum Gasteiger partial charge on any atom is 0.310 e. The van der Waals surface area contributed by atoms with E-state index in [0.717, 1.165) is 0 Å². The maximum atomic E-state index is 11.2. The van der Waals surface area contributed by atoms with E-state index >= 15 is 0 Å². The quantitative estimate of drug-likeness (QED) is 0.774. The molecule has 0 saturated heterocycles. The van der Waals surface area contributed by atoms with Gasteiger partial charge in [0.15, 0.2) is 5.82 Å². The van der Waals surface area contributed by atoms with Crippen LogP contribution in [0.25, 0.3) is 0 Å². The molecule has 0 fully saturated rings. The Morgan fingerprint density at radius 3 is 2.40 bits per heavy atom. The van der Waals surface area contributed by atoms with Gasteiger partial charge in [-0.15, -0.1) is 10.2 Å². The van der Waals surface area contributed by atoms with E-state index in [9.17, 15) is 9.90 Å². The first-order valence-corrected chi connectivity index (χ1v) is 5.00. The lowest BCUT2D eigenvalue weighted by molar-refractivity contribution is -0.149. The third-order valence-corrected chi connectivity index (χ3v) is 2.85. The highest BCUT2D eigenvalue weighted by atomic mass is 16.4. The number of tetrazole rings is 1. The lowest BCUT2D eigenvalue weighted by Crippen LogP contribution is -2.32. The summed E-state index contributed by atoms with van der Waals surface area (Å²) in [6, 6.07) is 0. The van der Waals surface area contributed by atoms with E-state index in [2.05, 4.69) is 15.4 Å². The fraction of sp³-hybridized carbons (Fsp3) is 0.778. The molecule has 0 aliphatic heterocycles. The van der Waals surface area contributed by atoms with Crippen molar-refractivity contribution in [1.82, 2.24) is 20.2 Å². The van der Waals surface area contributed by atoms with E-state index in [1.54, 1.807) is 7.05 Å². The van der Waals surface area contributed by atoms with Crippen LogP contribution < -0.4 is 0 Å². The minimum atomic E-state index is -0.792. The zero-order valence-corrected chi connectivity index (χ0v) is 9.27. The molecule has 1 aromatic heterocycles. The highest BCUT2D eigenvalue weighted by molar-refractivity contribution is 5.74. The zero-order valence-electron chi connectivity index (χ0n) is 9.27. The topological polar surface area (TPSA) is 80.9 Å². The summed E-state index contributed by atoms with van der Waals surface area (Å²) in [5.41, 5.74) is -0.761. The Morgan fingerprint density at radius 2 is 2.07 bits per heavy atom. The summed E-state index contributed by atoms with van der Waals surface area (Å²) in [6.07, 6.45) is 1.47. The number of carbonyl (C=O) groups is 1. The number of hydrogen-bond donors (Lipinski definition) is 1. The van der Waals surface area contributed by atoms with Crippen molar-refractivity contribution in [2.45, 2.75) is 33.1 Å². The Hall–Kier alpha value is -1.46. The molecule has 1 aromatic rings. The molecule has 1 N–H and O–H groups in total. The van der Waals surface area contributed by atoms with Crippen LogP contribution in [-0.2, 0) is 18.3 Å². The van der Waals surface area contributed by atoms with Crippen LogP contribution in [0.15, 0.2) is 0 Å². The van der Waals surface area contributed by atoms with Gasteiger partial charge in [-0.25, -0.2) is 0 Å². The van der Waals surface area contributed by atoms with Crippen molar-refractivity contribution in [3.05, 3.63) is 5.82 Å². The second-order valence-corrected chi connectivity index (χ2v) is 3.66. The molecule has 0 unspecified atom stereocenters. The molecule has 6 nitrogen and oxygen atoms in total. The van der Waals surface area contributed by atoms with Gasteiger partial charge >= 0.3 is 5.97 Å². The zero-order chi connectivity index (χ0) is 11.5. The SMILES string of the molecule is CCC(CC)(Cc1nnn(C)n1)C(=O)O. The highest BCUT2D eigenvalue weighted by Crippen LogP contribution is 2.29. The van der Waals surface area contributed by atoms with Gasteiger partial charge in [-0.1, -0.05) is 13.8 Å². The first kappa shape index (κ1) is 11.6. The van der Waals surface area contributed by atoms with Gasteiger partial charge in [-0.2, -0.15) is 4.80 Å². The van der Waals surface area contributed by atoms with Crippen LogP contribution in [0.1, 0.15) is 32.5 Å². The number of carboxylic acids is 1. The van der Waals surface area contributed by atoms with Crippen molar-refractivity contribution < 1.29 is 9.90 Å². The van der Waals surface area contributed by atoms with E-state index in [0.29, 0.717) is 25.1 Å². The lowest BCUT2D eigenvalue weighted by Gasteiger charge is -2.24. The Balaban J connectivity index is 2.88. The molecule has 1 heterocycles. The van der Waals surface area contributed by atoms with Crippen LogP contribution in [0.2, 0.25) is 0 Å². The summed E-state index contributed by atoms with van der Waals surface area (Å²) < 4.78 is 0. The number of aromatic nitrogens is 4. The second-order valence-electron chi connectivity index (χ2n) is 3.66. The van der Waals surface area contributed by atoms with Crippen molar-refractivity contribution in [3.8, 4) is 0 Å². The molecular formula is C9H16N4O2. The third-order valence-electron chi connectivity index (χ3n) is 2.85. The predicted molar refractivity (Wildman–Crippen MR) is 53.2 cm³/mol. The molecule has 0 atom stereocenters. The summed E-state index contributed by atoms with van der Waals surface area (Å²) >= 11 is 0. The number of aryl methyl sites for hydroxylation is 1. The third kappa shape index (κ3) is 2.31. The number of carboxylic acid groups (broad SMARTS) is 1. The van der Waals surface area contributed by atoms with Crippen LogP contribution in [0.4, 0.5) is 0 Å². The molecule has 0 radical (unpaired) electrons. The first-order valence-electron chi connectivity index (χ1n) is 5.00. The molecule has 6 heteroatoms. The summed E-state index contributed by atoms with van der Waals surface area (Å²) in [4.78, 5) is 12.6. The van der Waals surface area contributed by atoms with Crippen LogP contribution in [0, 0.1) is 5.41 Å².